The summed E-state index contributed by atoms with van der Waals surface area (Å²) in [6.45, 7) is 5.61. The quantitative estimate of drug-likeness (QED) is 0.712. The fraction of sp³-hybridized carbons (Fsp3) is 0.278. The molecule has 0 saturated heterocycles. The van der Waals surface area contributed by atoms with Crippen LogP contribution in [0.2, 0.25) is 0 Å². The number of nitrogens with zero attached hydrogens (tertiary/aromatic N) is 3. The lowest BCUT2D eigenvalue weighted by Gasteiger charge is -2.07. The highest BCUT2D eigenvalue weighted by Crippen LogP contribution is 2.28. The van der Waals surface area contributed by atoms with Gasteiger partial charge >= 0.3 is 0 Å². The molecule has 0 spiro atoms. The highest BCUT2D eigenvalue weighted by atomic mass is 32.1. The summed E-state index contributed by atoms with van der Waals surface area (Å²) in [7, 11) is 1.86. The summed E-state index contributed by atoms with van der Waals surface area (Å²) in [5.41, 5.74) is 3.57. The van der Waals surface area contributed by atoms with Crippen molar-refractivity contribution in [2.75, 3.05) is 11.9 Å². The number of amides is 1. The predicted molar refractivity (Wildman–Crippen MR) is 101 cm³/mol. The zero-order chi connectivity index (χ0) is 17.8. The van der Waals surface area contributed by atoms with E-state index in [1.807, 2.05) is 44.4 Å². The van der Waals surface area contributed by atoms with Gasteiger partial charge in [-0.3, -0.25) is 9.48 Å². The van der Waals surface area contributed by atoms with Gasteiger partial charge in [-0.15, -0.1) is 11.3 Å². The second kappa shape index (κ2) is 7.58. The van der Waals surface area contributed by atoms with E-state index in [1.54, 1.807) is 10.9 Å². The van der Waals surface area contributed by atoms with Gasteiger partial charge in [0.2, 0.25) is 0 Å². The number of anilines is 1. The van der Waals surface area contributed by atoms with Crippen LogP contribution in [0.5, 0.6) is 0 Å². The first kappa shape index (κ1) is 17.3. The summed E-state index contributed by atoms with van der Waals surface area (Å²) in [4.78, 5) is 17.8. The molecule has 0 bridgehead atoms. The molecule has 2 N–H and O–H groups in total. The Morgan fingerprint density at radius 3 is 2.92 bits per heavy atom. The number of hydrogen-bond acceptors (Lipinski definition) is 5. The molecule has 0 aliphatic carbocycles. The van der Waals surface area contributed by atoms with Gasteiger partial charge in [0.15, 0.2) is 0 Å². The van der Waals surface area contributed by atoms with Crippen LogP contribution >= 0.6 is 11.3 Å². The highest BCUT2D eigenvalue weighted by Gasteiger charge is 2.17. The van der Waals surface area contributed by atoms with Crippen LogP contribution in [0.3, 0.4) is 0 Å². The number of aromatic nitrogens is 3. The average Bonchev–Trinajstić information content (AvgIpc) is 3.19. The number of carbonyl (C=O) groups excluding carboxylic acids is 1. The fourth-order valence-electron chi connectivity index (χ4n) is 2.48. The van der Waals surface area contributed by atoms with E-state index in [2.05, 4.69) is 27.6 Å². The van der Waals surface area contributed by atoms with E-state index in [-0.39, 0.29) is 5.91 Å². The second-order valence-electron chi connectivity index (χ2n) is 5.77. The van der Waals surface area contributed by atoms with E-state index in [4.69, 9.17) is 0 Å². The molecule has 0 fully saturated rings. The lowest BCUT2D eigenvalue weighted by Crippen LogP contribution is -2.14. The molecule has 0 aliphatic heterocycles. The van der Waals surface area contributed by atoms with Crippen molar-refractivity contribution in [2.45, 2.75) is 20.4 Å². The lowest BCUT2D eigenvalue weighted by atomic mass is 10.2. The first-order valence-corrected chi connectivity index (χ1v) is 8.96. The van der Waals surface area contributed by atoms with Gasteiger partial charge in [-0.25, -0.2) is 4.98 Å². The Hall–Kier alpha value is -2.51. The van der Waals surface area contributed by atoms with Gasteiger partial charge in [-0.1, -0.05) is 19.1 Å². The van der Waals surface area contributed by atoms with Gasteiger partial charge in [-0.2, -0.15) is 5.10 Å². The van der Waals surface area contributed by atoms with Gasteiger partial charge in [0.05, 0.1) is 11.9 Å². The molecule has 3 rings (SSSR count). The van der Waals surface area contributed by atoms with Gasteiger partial charge < -0.3 is 10.6 Å². The molecule has 130 valence electrons. The monoisotopic (exact) mass is 355 g/mol. The minimum atomic E-state index is -0.134. The van der Waals surface area contributed by atoms with E-state index in [0.717, 1.165) is 40.6 Å². The van der Waals surface area contributed by atoms with Crippen molar-refractivity contribution in [1.29, 1.82) is 0 Å². The molecular weight excluding hydrogens is 334 g/mol. The summed E-state index contributed by atoms with van der Waals surface area (Å²) >= 11 is 1.38. The van der Waals surface area contributed by atoms with Crippen LogP contribution in [0, 0.1) is 6.92 Å². The van der Waals surface area contributed by atoms with E-state index < -0.39 is 0 Å². The van der Waals surface area contributed by atoms with Crippen LogP contribution < -0.4 is 10.6 Å². The van der Waals surface area contributed by atoms with Crippen LogP contribution in [-0.4, -0.2) is 27.2 Å². The average molecular weight is 355 g/mol. The maximum atomic E-state index is 12.6. The van der Waals surface area contributed by atoms with Crippen molar-refractivity contribution < 1.29 is 4.79 Å². The molecule has 1 amide bonds. The van der Waals surface area contributed by atoms with Crippen molar-refractivity contribution in [1.82, 2.24) is 20.1 Å². The molecule has 25 heavy (non-hydrogen) atoms. The van der Waals surface area contributed by atoms with Crippen LogP contribution in [0.4, 0.5) is 5.69 Å². The van der Waals surface area contributed by atoms with Gasteiger partial charge in [0.1, 0.15) is 9.88 Å². The summed E-state index contributed by atoms with van der Waals surface area (Å²) in [6, 6.07) is 7.87. The van der Waals surface area contributed by atoms with Gasteiger partial charge in [0, 0.05) is 31.0 Å². The Labute approximate surface area is 150 Å². The largest absolute Gasteiger partial charge is 0.321 e. The van der Waals surface area contributed by atoms with Crippen molar-refractivity contribution in [3.05, 3.63) is 52.8 Å². The minimum absolute atomic E-state index is 0.134. The number of nitrogens with one attached hydrogen (secondary N) is 2. The Balaban J connectivity index is 1.76. The normalized spacial score (nSPS) is 10.8. The molecule has 0 atom stereocenters. The zero-order valence-electron chi connectivity index (χ0n) is 14.5. The third-order valence-corrected chi connectivity index (χ3v) is 4.92. The van der Waals surface area contributed by atoms with E-state index in [9.17, 15) is 4.79 Å². The number of rotatable bonds is 6. The van der Waals surface area contributed by atoms with Crippen LogP contribution in [0.15, 0.2) is 36.7 Å². The minimum Gasteiger partial charge on any atom is -0.321 e. The van der Waals surface area contributed by atoms with E-state index >= 15 is 0 Å². The van der Waals surface area contributed by atoms with Crippen LogP contribution in [-0.2, 0) is 13.6 Å². The highest BCUT2D eigenvalue weighted by molar-refractivity contribution is 7.17. The first-order chi connectivity index (χ1) is 12.1. The Kier molecular flexibility index (Phi) is 5.25. The standard InChI is InChI=1S/C18H21N5OS/c1-4-19-9-13-6-5-7-15(8-13)22-17(24)16-12(2)21-18(25-16)14-10-20-23(3)11-14/h5-8,10-11,19H,4,9H2,1-3H3,(H,22,24). The fourth-order valence-corrected chi connectivity index (χ4v) is 3.41. The van der Waals surface area contributed by atoms with E-state index in [1.165, 1.54) is 11.3 Å². The molecule has 2 aromatic heterocycles. The number of benzene rings is 1. The molecule has 0 saturated carbocycles. The summed E-state index contributed by atoms with van der Waals surface area (Å²) < 4.78 is 1.72. The zero-order valence-corrected chi connectivity index (χ0v) is 15.4. The van der Waals surface area contributed by atoms with Crippen molar-refractivity contribution >= 4 is 22.9 Å². The molecule has 0 aliphatic rings. The Bertz CT molecular complexity index is 883. The number of hydrogen-bond donors (Lipinski definition) is 2. The van der Waals surface area contributed by atoms with Gasteiger partial charge in [0.25, 0.3) is 5.91 Å². The molecule has 1 aromatic carbocycles. The lowest BCUT2D eigenvalue weighted by molar-refractivity contribution is 0.103. The predicted octanol–water partition coefficient (Wildman–Crippen LogP) is 3.21. The molecule has 0 unspecified atom stereocenters. The Morgan fingerprint density at radius 2 is 2.20 bits per heavy atom. The number of thiazole rings is 1. The van der Waals surface area contributed by atoms with E-state index in [0.29, 0.717) is 4.88 Å². The smallest absolute Gasteiger partial charge is 0.267 e. The number of aryl methyl sites for hydroxylation is 2. The third kappa shape index (κ3) is 4.12. The third-order valence-electron chi connectivity index (χ3n) is 3.72. The molecule has 7 heteroatoms. The molecule has 6 nitrogen and oxygen atoms in total. The summed E-state index contributed by atoms with van der Waals surface area (Å²) in [6.07, 6.45) is 3.65. The van der Waals surface area contributed by atoms with Crippen molar-refractivity contribution in [3.63, 3.8) is 0 Å². The Morgan fingerprint density at radius 1 is 1.36 bits per heavy atom. The summed E-state index contributed by atoms with van der Waals surface area (Å²) in [5, 5.41) is 11.2. The molecule has 2 heterocycles. The molecule has 0 radical (unpaired) electrons. The second-order valence-corrected chi connectivity index (χ2v) is 6.77. The maximum Gasteiger partial charge on any atom is 0.267 e. The van der Waals surface area contributed by atoms with Crippen LogP contribution in [0.25, 0.3) is 10.6 Å². The maximum absolute atomic E-state index is 12.6. The topological polar surface area (TPSA) is 71.8 Å². The van der Waals surface area contributed by atoms with Crippen molar-refractivity contribution in [2.24, 2.45) is 7.05 Å². The van der Waals surface area contributed by atoms with Crippen molar-refractivity contribution in [3.8, 4) is 10.6 Å². The van der Waals surface area contributed by atoms with Gasteiger partial charge in [-0.05, 0) is 31.2 Å². The molecule has 3 aromatic rings. The SMILES string of the molecule is CCNCc1cccc(NC(=O)c2sc(-c3cnn(C)c3)nc2C)c1. The van der Waals surface area contributed by atoms with Crippen LogP contribution in [0.1, 0.15) is 27.9 Å². The summed E-state index contributed by atoms with van der Waals surface area (Å²) in [5.74, 6) is -0.134. The molecular formula is C18H21N5OS. The number of carbonyl (C=O) groups is 1. The first-order valence-electron chi connectivity index (χ1n) is 8.14.